The average molecular weight is 274 g/mol. The summed E-state index contributed by atoms with van der Waals surface area (Å²) in [6, 6.07) is 12.7. The van der Waals surface area contributed by atoms with Crippen LogP contribution in [0.5, 0.6) is 17.2 Å². The second-order valence-electron chi connectivity index (χ2n) is 4.33. The third kappa shape index (κ3) is 3.03. The summed E-state index contributed by atoms with van der Waals surface area (Å²) in [5.41, 5.74) is 1.45. The van der Waals surface area contributed by atoms with E-state index in [1.807, 2.05) is 18.2 Å². The molecule has 0 aliphatic carbocycles. The smallest absolute Gasteiger partial charge is 0.122 e. The molecule has 0 saturated heterocycles. The first kappa shape index (κ1) is 14.2. The van der Waals surface area contributed by atoms with E-state index in [4.69, 9.17) is 14.2 Å². The van der Waals surface area contributed by atoms with Crippen LogP contribution in [-0.4, -0.2) is 26.4 Å². The highest BCUT2D eigenvalue weighted by atomic mass is 16.5. The number of benzene rings is 2. The Morgan fingerprint density at radius 1 is 0.750 bits per heavy atom. The van der Waals surface area contributed by atoms with Crippen molar-refractivity contribution < 1.29 is 19.3 Å². The van der Waals surface area contributed by atoms with Crippen LogP contribution in [0.1, 0.15) is 17.2 Å². The summed E-state index contributed by atoms with van der Waals surface area (Å²) in [5, 5.41) is 10.5. The summed E-state index contributed by atoms with van der Waals surface area (Å²) in [4.78, 5) is 0. The molecule has 106 valence electrons. The molecule has 0 amide bonds. The Labute approximate surface area is 118 Å². The van der Waals surface area contributed by atoms with Gasteiger partial charge in [0.05, 0.1) is 21.3 Å². The Kier molecular flexibility index (Phi) is 4.48. The standard InChI is InChI=1S/C16H18O4/c1-18-13-6-4-5-11(7-13)16(17)12-8-14(19-2)10-15(9-12)20-3/h4-10,16-17H,1-3H3. The van der Waals surface area contributed by atoms with E-state index in [1.54, 1.807) is 45.6 Å². The molecular weight excluding hydrogens is 256 g/mol. The molecule has 0 aromatic heterocycles. The molecule has 4 heteroatoms. The van der Waals surface area contributed by atoms with E-state index < -0.39 is 6.10 Å². The summed E-state index contributed by atoms with van der Waals surface area (Å²) < 4.78 is 15.6. The van der Waals surface area contributed by atoms with Gasteiger partial charge in [0.2, 0.25) is 0 Å². The van der Waals surface area contributed by atoms with Crippen molar-refractivity contribution in [2.45, 2.75) is 6.10 Å². The second kappa shape index (κ2) is 6.30. The van der Waals surface area contributed by atoms with Gasteiger partial charge in [-0.05, 0) is 35.4 Å². The van der Waals surface area contributed by atoms with Crippen molar-refractivity contribution in [3.63, 3.8) is 0 Å². The van der Waals surface area contributed by atoms with E-state index in [2.05, 4.69) is 0 Å². The molecule has 0 bridgehead atoms. The molecule has 4 nitrogen and oxygen atoms in total. The Balaban J connectivity index is 2.38. The summed E-state index contributed by atoms with van der Waals surface area (Å²) in [5.74, 6) is 1.99. The van der Waals surface area contributed by atoms with Gasteiger partial charge < -0.3 is 19.3 Å². The summed E-state index contributed by atoms with van der Waals surface area (Å²) >= 11 is 0. The molecule has 0 radical (unpaired) electrons. The first-order valence-corrected chi connectivity index (χ1v) is 6.23. The van der Waals surface area contributed by atoms with Gasteiger partial charge >= 0.3 is 0 Å². The molecule has 0 aliphatic rings. The number of hydrogen-bond acceptors (Lipinski definition) is 4. The van der Waals surface area contributed by atoms with Gasteiger partial charge in [-0.1, -0.05) is 12.1 Å². The van der Waals surface area contributed by atoms with Gasteiger partial charge in [-0.3, -0.25) is 0 Å². The number of methoxy groups -OCH3 is 3. The van der Waals surface area contributed by atoms with Gasteiger partial charge in [-0.2, -0.15) is 0 Å². The van der Waals surface area contributed by atoms with Gasteiger partial charge in [-0.25, -0.2) is 0 Å². The molecule has 2 aromatic rings. The third-order valence-electron chi connectivity index (χ3n) is 3.10. The average Bonchev–Trinajstić information content (AvgIpc) is 2.53. The van der Waals surface area contributed by atoms with Crippen LogP contribution in [0.25, 0.3) is 0 Å². The van der Waals surface area contributed by atoms with Gasteiger partial charge in [0.15, 0.2) is 0 Å². The zero-order valence-electron chi connectivity index (χ0n) is 11.8. The van der Waals surface area contributed by atoms with E-state index in [0.29, 0.717) is 22.8 Å². The zero-order chi connectivity index (χ0) is 14.5. The maximum Gasteiger partial charge on any atom is 0.122 e. The minimum atomic E-state index is -0.769. The van der Waals surface area contributed by atoms with Crippen molar-refractivity contribution in [3.05, 3.63) is 53.6 Å². The van der Waals surface area contributed by atoms with Crippen LogP contribution >= 0.6 is 0 Å². The largest absolute Gasteiger partial charge is 0.497 e. The number of aliphatic hydroxyl groups excluding tert-OH is 1. The van der Waals surface area contributed by atoms with Gasteiger partial charge in [0.25, 0.3) is 0 Å². The fraction of sp³-hybridized carbons (Fsp3) is 0.250. The highest BCUT2D eigenvalue weighted by Crippen LogP contribution is 2.31. The van der Waals surface area contributed by atoms with Crippen LogP contribution in [0.2, 0.25) is 0 Å². The van der Waals surface area contributed by atoms with Crippen molar-refractivity contribution in [1.29, 1.82) is 0 Å². The molecule has 1 unspecified atom stereocenters. The van der Waals surface area contributed by atoms with Crippen molar-refractivity contribution in [2.75, 3.05) is 21.3 Å². The monoisotopic (exact) mass is 274 g/mol. The molecule has 1 N–H and O–H groups in total. The molecule has 1 atom stereocenters. The number of ether oxygens (including phenoxy) is 3. The molecule has 0 heterocycles. The topological polar surface area (TPSA) is 47.9 Å². The number of rotatable bonds is 5. The van der Waals surface area contributed by atoms with Gasteiger partial charge in [-0.15, -0.1) is 0 Å². The van der Waals surface area contributed by atoms with Crippen LogP contribution in [0.4, 0.5) is 0 Å². The highest BCUT2D eigenvalue weighted by molar-refractivity contribution is 5.43. The fourth-order valence-corrected chi connectivity index (χ4v) is 1.99. The summed E-state index contributed by atoms with van der Waals surface area (Å²) in [6.45, 7) is 0. The van der Waals surface area contributed by atoms with E-state index in [9.17, 15) is 5.11 Å². The van der Waals surface area contributed by atoms with Crippen LogP contribution in [0.3, 0.4) is 0 Å². The lowest BCUT2D eigenvalue weighted by Gasteiger charge is -2.15. The fourth-order valence-electron chi connectivity index (χ4n) is 1.99. The first-order chi connectivity index (χ1) is 9.67. The zero-order valence-corrected chi connectivity index (χ0v) is 11.8. The van der Waals surface area contributed by atoms with Crippen LogP contribution in [0.15, 0.2) is 42.5 Å². The molecule has 0 saturated carbocycles. The van der Waals surface area contributed by atoms with Crippen molar-refractivity contribution in [2.24, 2.45) is 0 Å². The molecule has 2 rings (SSSR count). The lowest BCUT2D eigenvalue weighted by Crippen LogP contribution is -2.01. The van der Waals surface area contributed by atoms with Crippen molar-refractivity contribution >= 4 is 0 Å². The SMILES string of the molecule is COc1cccc(C(O)c2cc(OC)cc(OC)c2)c1. The van der Waals surface area contributed by atoms with Crippen LogP contribution < -0.4 is 14.2 Å². The minimum Gasteiger partial charge on any atom is -0.497 e. The van der Waals surface area contributed by atoms with Crippen molar-refractivity contribution in [1.82, 2.24) is 0 Å². The quantitative estimate of drug-likeness (QED) is 0.910. The normalized spacial score (nSPS) is 11.8. The first-order valence-electron chi connectivity index (χ1n) is 6.23. The maximum absolute atomic E-state index is 10.5. The van der Waals surface area contributed by atoms with Gasteiger partial charge in [0.1, 0.15) is 23.4 Å². The van der Waals surface area contributed by atoms with Crippen LogP contribution in [0, 0.1) is 0 Å². The van der Waals surface area contributed by atoms with E-state index in [1.165, 1.54) is 0 Å². The molecule has 0 spiro atoms. The lowest BCUT2D eigenvalue weighted by molar-refractivity contribution is 0.218. The van der Waals surface area contributed by atoms with Gasteiger partial charge in [0, 0.05) is 6.07 Å². The Morgan fingerprint density at radius 2 is 1.30 bits per heavy atom. The Bertz CT molecular complexity index is 558. The molecule has 20 heavy (non-hydrogen) atoms. The van der Waals surface area contributed by atoms with Crippen molar-refractivity contribution in [3.8, 4) is 17.2 Å². The molecule has 0 fully saturated rings. The van der Waals surface area contributed by atoms with E-state index >= 15 is 0 Å². The molecular formula is C16H18O4. The number of aliphatic hydroxyl groups is 1. The Morgan fingerprint density at radius 3 is 1.85 bits per heavy atom. The lowest BCUT2D eigenvalue weighted by atomic mass is 10.0. The predicted octanol–water partition coefficient (Wildman–Crippen LogP) is 2.79. The molecule has 2 aromatic carbocycles. The van der Waals surface area contributed by atoms with E-state index in [-0.39, 0.29) is 0 Å². The second-order valence-corrected chi connectivity index (χ2v) is 4.33. The third-order valence-corrected chi connectivity index (χ3v) is 3.10. The minimum absolute atomic E-state index is 0.640. The predicted molar refractivity (Wildman–Crippen MR) is 76.6 cm³/mol. The van der Waals surface area contributed by atoms with E-state index in [0.717, 1.165) is 5.56 Å². The maximum atomic E-state index is 10.5. The Hall–Kier alpha value is -2.20. The highest BCUT2D eigenvalue weighted by Gasteiger charge is 2.14. The summed E-state index contributed by atoms with van der Waals surface area (Å²) in [6.07, 6.45) is -0.769. The molecule has 0 aliphatic heterocycles. The number of hydrogen-bond donors (Lipinski definition) is 1. The van der Waals surface area contributed by atoms with Crippen LogP contribution in [-0.2, 0) is 0 Å². The summed E-state index contributed by atoms with van der Waals surface area (Å²) in [7, 11) is 4.76.